The first-order valence-corrected chi connectivity index (χ1v) is 13.6. The molecule has 2 aromatic carbocycles. The van der Waals surface area contributed by atoms with Gasteiger partial charge in [0.2, 0.25) is 14.3 Å². The minimum absolute atomic E-state index is 0.0166. The highest BCUT2D eigenvalue weighted by molar-refractivity contribution is 9.10. The van der Waals surface area contributed by atoms with Crippen LogP contribution in [0.15, 0.2) is 39.7 Å². The van der Waals surface area contributed by atoms with Crippen LogP contribution in [0.4, 0.5) is 8.78 Å². The van der Waals surface area contributed by atoms with Crippen molar-refractivity contribution in [2.24, 2.45) is 5.73 Å². The Kier molecular flexibility index (Phi) is 7.17. The maximum Gasteiger partial charge on any atom is 0.349 e. The topological polar surface area (TPSA) is 127 Å². The van der Waals surface area contributed by atoms with E-state index < -0.39 is 34.7 Å². The zero-order valence-electron chi connectivity index (χ0n) is 16.0. The fourth-order valence-electron chi connectivity index (χ4n) is 2.70. The van der Waals surface area contributed by atoms with Crippen LogP contribution in [0, 0.1) is 0 Å². The molecule has 14 heteroatoms. The summed E-state index contributed by atoms with van der Waals surface area (Å²) in [6, 6.07) is 6.61. The molecule has 1 amide bonds. The van der Waals surface area contributed by atoms with Crippen LogP contribution < -0.4 is 10.5 Å². The number of amides is 1. The van der Waals surface area contributed by atoms with E-state index in [-0.39, 0.29) is 42.4 Å². The van der Waals surface area contributed by atoms with E-state index in [1.165, 1.54) is 30.3 Å². The van der Waals surface area contributed by atoms with Gasteiger partial charge in [-0.25, -0.2) is 8.42 Å². The van der Waals surface area contributed by atoms with Crippen LogP contribution in [0.3, 0.4) is 0 Å². The smallest absolute Gasteiger partial charge is 0.349 e. The Labute approximate surface area is 199 Å². The molecular formula is C18H14BrClF2NO6PS2. The van der Waals surface area contributed by atoms with E-state index in [1.807, 2.05) is 0 Å². The molecule has 3 rings (SSSR count). The zero-order chi connectivity index (χ0) is 24.0. The molecule has 172 valence electrons. The largest absolute Gasteiger partial charge is 0.487 e. The van der Waals surface area contributed by atoms with Gasteiger partial charge in [0.15, 0.2) is 9.84 Å². The standard InChI is InChI=1S/C18H14BrClF2NO6PS2/c1-32(27,28)10-3-2-8(12(20)6-10)7-29-13-5-9(17(23)24)4-11-14(19)16(31-15(11)13)18(21,22)30(25)26/h2-6,25-26H,7H2,1H3,(H2,23,24). The summed E-state index contributed by atoms with van der Waals surface area (Å²) in [5.41, 5.74) is 1.81. The van der Waals surface area contributed by atoms with Crippen molar-refractivity contribution >= 4 is 73.1 Å². The monoisotopic (exact) mass is 587 g/mol. The predicted octanol–water partition coefficient (Wildman–Crippen LogP) is 4.74. The minimum atomic E-state index is -3.92. The lowest BCUT2D eigenvalue weighted by molar-refractivity contribution is 0.0766. The molecule has 0 saturated heterocycles. The number of hydrogen-bond acceptors (Lipinski definition) is 7. The number of nitrogens with two attached hydrogens (primary N) is 1. The Bertz CT molecular complexity index is 1330. The molecule has 3 aromatic rings. The predicted molar refractivity (Wildman–Crippen MR) is 122 cm³/mol. The summed E-state index contributed by atoms with van der Waals surface area (Å²) in [5, 5.41) is 0.285. The number of halogens is 4. The Hall–Kier alpha value is -1.40. The van der Waals surface area contributed by atoms with Crippen LogP contribution >= 0.6 is 47.2 Å². The van der Waals surface area contributed by atoms with E-state index in [2.05, 4.69) is 15.9 Å². The van der Waals surface area contributed by atoms with Gasteiger partial charge in [-0.1, -0.05) is 17.7 Å². The van der Waals surface area contributed by atoms with Gasteiger partial charge in [-0.2, -0.15) is 8.78 Å². The quantitative estimate of drug-likeness (QED) is 0.342. The molecule has 0 aliphatic carbocycles. The lowest BCUT2D eigenvalue weighted by Gasteiger charge is -2.15. The average Bonchev–Trinajstić information content (AvgIpc) is 3.03. The Morgan fingerprint density at radius 3 is 2.50 bits per heavy atom. The Morgan fingerprint density at radius 1 is 1.31 bits per heavy atom. The van der Waals surface area contributed by atoms with Gasteiger partial charge in [0.25, 0.3) is 0 Å². The molecule has 0 spiro atoms. The first kappa shape index (κ1) is 25.2. The van der Waals surface area contributed by atoms with Crippen molar-refractivity contribution in [3.63, 3.8) is 0 Å². The molecule has 0 bridgehead atoms. The van der Waals surface area contributed by atoms with Crippen LogP contribution in [0.5, 0.6) is 5.75 Å². The van der Waals surface area contributed by atoms with Crippen LogP contribution in [-0.2, 0) is 22.1 Å². The average molecular weight is 589 g/mol. The molecule has 1 aromatic heterocycles. The van der Waals surface area contributed by atoms with E-state index in [1.54, 1.807) is 0 Å². The highest BCUT2D eigenvalue weighted by atomic mass is 79.9. The third-order valence-corrected chi connectivity index (χ3v) is 9.05. The summed E-state index contributed by atoms with van der Waals surface area (Å²) in [4.78, 5) is 29.4. The number of ether oxygens (including phenoxy) is 1. The third kappa shape index (κ3) is 4.91. The molecule has 0 fully saturated rings. The normalized spacial score (nSPS) is 12.5. The summed E-state index contributed by atoms with van der Waals surface area (Å²) >= 11 is 9.75. The number of benzene rings is 2. The minimum Gasteiger partial charge on any atom is -0.487 e. The lowest BCUT2D eigenvalue weighted by atomic mass is 10.1. The van der Waals surface area contributed by atoms with Crippen molar-refractivity contribution in [1.29, 1.82) is 0 Å². The Morgan fingerprint density at radius 2 is 1.97 bits per heavy atom. The van der Waals surface area contributed by atoms with Gasteiger partial charge in [0, 0.05) is 32.3 Å². The summed E-state index contributed by atoms with van der Waals surface area (Å²) < 4.78 is 57.8. The molecule has 0 saturated carbocycles. The van der Waals surface area contributed by atoms with Gasteiger partial charge in [-0.05, 0) is 40.2 Å². The molecule has 0 radical (unpaired) electrons. The number of carbonyl (C=O) groups is 1. The van der Waals surface area contributed by atoms with Crippen molar-refractivity contribution < 1.29 is 36.5 Å². The number of carbonyl (C=O) groups excluding carboxylic acids is 1. The number of thiophene rings is 1. The Balaban J connectivity index is 2.07. The number of hydrogen-bond donors (Lipinski definition) is 3. The maximum atomic E-state index is 14.3. The van der Waals surface area contributed by atoms with Crippen molar-refractivity contribution in [3.8, 4) is 5.75 Å². The molecule has 0 atom stereocenters. The van der Waals surface area contributed by atoms with Gasteiger partial charge in [-0.3, -0.25) is 4.79 Å². The van der Waals surface area contributed by atoms with E-state index in [9.17, 15) is 22.0 Å². The van der Waals surface area contributed by atoms with Gasteiger partial charge in [-0.15, -0.1) is 11.3 Å². The molecule has 0 aliphatic rings. The number of primary amides is 1. The molecule has 4 N–H and O–H groups in total. The summed E-state index contributed by atoms with van der Waals surface area (Å²) in [6.45, 7) is -0.172. The molecular weight excluding hydrogens is 575 g/mol. The van der Waals surface area contributed by atoms with Crippen LogP contribution in [0.1, 0.15) is 20.8 Å². The maximum absolute atomic E-state index is 14.3. The number of fused-ring (bicyclic) bond motifs is 1. The molecule has 32 heavy (non-hydrogen) atoms. The van der Waals surface area contributed by atoms with Crippen LogP contribution in [0.2, 0.25) is 5.02 Å². The van der Waals surface area contributed by atoms with Crippen molar-refractivity contribution in [2.45, 2.75) is 17.2 Å². The molecule has 0 unspecified atom stereocenters. The van der Waals surface area contributed by atoms with E-state index in [4.69, 9.17) is 31.9 Å². The fraction of sp³-hybridized carbons (Fsp3) is 0.167. The second kappa shape index (κ2) is 9.09. The number of sulfone groups is 1. The number of alkyl halides is 2. The van der Waals surface area contributed by atoms with Gasteiger partial charge in [0.1, 0.15) is 12.4 Å². The van der Waals surface area contributed by atoms with E-state index in [0.29, 0.717) is 16.9 Å². The van der Waals surface area contributed by atoms with E-state index >= 15 is 0 Å². The lowest BCUT2D eigenvalue weighted by Crippen LogP contribution is -2.11. The number of rotatable bonds is 7. The van der Waals surface area contributed by atoms with Crippen molar-refractivity contribution in [3.05, 3.63) is 55.8 Å². The highest BCUT2D eigenvalue weighted by Crippen LogP contribution is 2.58. The molecule has 7 nitrogen and oxygen atoms in total. The summed E-state index contributed by atoms with van der Waals surface area (Å²) in [5.74, 6) is -0.794. The SMILES string of the molecule is CS(=O)(=O)c1ccc(COc2cc(C(N)=O)cc3c(Br)c(C(F)(F)P(O)O)sc23)c(Cl)c1. The summed E-state index contributed by atoms with van der Waals surface area (Å²) in [6.07, 6.45) is 1.04. The second-order valence-corrected chi connectivity index (χ2v) is 12.0. The molecule has 0 aliphatic heterocycles. The highest BCUT2D eigenvalue weighted by Gasteiger charge is 2.45. The van der Waals surface area contributed by atoms with E-state index in [0.717, 1.165) is 6.26 Å². The third-order valence-electron chi connectivity index (χ3n) is 4.34. The zero-order valence-corrected chi connectivity index (χ0v) is 20.8. The van der Waals surface area contributed by atoms with Crippen molar-refractivity contribution in [2.75, 3.05) is 6.26 Å². The van der Waals surface area contributed by atoms with Crippen LogP contribution in [-0.4, -0.2) is 30.4 Å². The first-order chi connectivity index (χ1) is 14.7. The van der Waals surface area contributed by atoms with Gasteiger partial charge < -0.3 is 20.3 Å². The first-order valence-electron chi connectivity index (χ1n) is 8.47. The van der Waals surface area contributed by atoms with Gasteiger partial charge >= 0.3 is 5.66 Å². The summed E-state index contributed by atoms with van der Waals surface area (Å²) in [7, 11) is -7.08. The molecule has 1 heterocycles. The second-order valence-electron chi connectivity index (χ2n) is 6.61. The fourth-order valence-corrected chi connectivity index (χ4v) is 6.43. The van der Waals surface area contributed by atoms with Crippen LogP contribution in [0.25, 0.3) is 10.1 Å². The van der Waals surface area contributed by atoms with Gasteiger partial charge in [0.05, 0.1) is 14.5 Å². The van der Waals surface area contributed by atoms with Crippen molar-refractivity contribution in [1.82, 2.24) is 0 Å².